The van der Waals surface area contributed by atoms with E-state index in [9.17, 15) is 0 Å². The molecule has 0 fully saturated rings. The summed E-state index contributed by atoms with van der Waals surface area (Å²) in [6, 6.07) is 0. The minimum absolute atomic E-state index is 0.709. The second-order valence-electron chi connectivity index (χ2n) is 3.36. The van der Waals surface area contributed by atoms with Gasteiger partial charge in [0, 0.05) is 12.7 Å². The predicted octanol–water partition coefficient (Wildman–Crippen LogP) is 1.57. The Kier molecular flexibility index (Phi) is 4.54. The average Bonchev–Trinajstić information content (AvgIpc) is 2.54. The smallest absolute Gasteiger partial charge is 0.0522 e. The molecule has 3 nitrogen and oxygen atoms in total. The third-order valence-electron chi connectivity index (χ3n) is 2.11. The van der Waals surface area contributed by atoms with Gasteiger partial charge in [-0.25, -0.2) is 0 Å². The Labute approximate surface area is 79.9 Å². The van der Waals surface area contributed by atoms with Crippen LogP contribution in [0.2, 0.25) is 0 Å². The Balaban J connectivity index is 2.31. The maximum absolute atomic E-state index is 5.45. The number of hydrogen-bond acceptors (Lipinski definition) is 2. The van der Waals surface area contributed by atoms with Gasteiger partial charge in [0.1, 0.15) is 0 Å². The number of nitrogens with two attached hydrogens (primary N) is 1. The van der Waals surface area contributed by atoms with Crippen molar-refractivity contribution >= 4 is 0 Å². The van der Waals surface area contributed by atoms with E-state index < -0.39 is 0 Å². The molecule has 1 rings (SSSR count). The lowest BCUT2D eigenvalue weighted by atomic mass is 10.2. The molecule has 0 unspecified atom stereocenters. The van der Waals surface area contributed by atoms with Crippen molar-refractivity contribution in [3.63, 3.8) is 0 Å². The van der Waals surface area contributed by atoms with Crippen LogP contribution in [0.5, 0.6) is 0 Å². The van der Waals surface area contributed by atoms with E-state index in [2.05, 4.69) is 18.2 Å². The van der Waals surface area contributed by atoms with Crippen LogP contribution in [0.3, 0.4) is 0 Å². The number of nitrogens with zero attached hydrogens (tertiary/aromatic N) is 2. The second kappa shape index (κ2) is 5.75. The third kappa shape index (κ3) is 3.59. The molecule has 0 aliphatic carbocycles. The fraction of sp³-hybridized carbons (Fsp3) is 0.700. The summed E-state index contributed by atoms with van der Waals surface area (Å²) in [6.07, 6.45) is 8.72. The fourth-order valence-electron chi connectivity index (χ4n) is 1.35. The first-order chi connectivity index (χ1) is 6.36. The molecule has 0 radical (unpaired) electrons. The van der Waals surface area contributed by atoms with Gasteiger partial charge in [-0.3, -0.25) is 4.68 Å². The quantitative estimate of drug-likeness (QED) is 0.677. The Hall–Kier alpha value is -0.830. The Morgan fingerprint density at radius 1 is 1.46 bits per heavy atom. The number of unbranched alkanes of at least 4 members (excludes halogenated alkanes) is 2. The van der Waals surface area contributed by atoms with Crippen LogP contribution in [0.1, 0.15) is 31.7 Å². The first-order valence-electron chi connectivity index (χ1n) is 5.08. The van der Waals surface area contributed by atoms with E-state index in [0.29, 0.717) is 6.54 Å². The minimum atomic E-state index is 0.709. The molecule has 0 bridgehead atoms. The molecule has 0 saturated heterocycles. The van der Waals surface area contributed by atoms with Gasteiger partial charge < -0.3 is 5.73 Å². The molecular weight excluding hydrogens is 162 g/mol. The number of aryl methyl sites for hydroxylation is 1. The molecule has 0 aliphatic rings. The van der Waals surface area contributed by atoms with Gasteiger partial charge >= 0.3 is 0 Å². The van der Waals surface area contributed by atoms with Gasteiger partial charge in [0.2, 0.25) is 0 Å². The van der Waals surface area contributed by atoms with Crippen molar-refractivity contribution in [2.75, 3.05) is 6.54 Å². The van der Waals surface area contributed by atoms with Crippen molar-refractivity contribution in [2.24, 2.45) is 5.73 Å². The standard InChI is InChI=1S/C10H19N3/c1-2-3-4-7-13-9-10(5-6-11)8-12-13/h8-9H,2-7,11H2,1H3. The van der Waals surface area contributed by atoms with Gasteiger partial charge in [0.15, 0.2) is 0 Å². The Morgan fingerprint density at radius 3 is 3.00 bits per heavy atom. The molecular formula is C10H19N3. The van der Waals surface area contributed by atoms with Crippen LogP contribution in [0.15, 0.2) is 12.4 Å². The topological polar surface area (TPSA) is 43.8 Å². The van der Waals surface area contributed by atoms with Crippen molar-refractivity contribution in [1.82, 2.24) is 9.78 Å². The molecule has 74 valence electrons. The van der Waals surface area contributed by atoms with Crippen LogP contribution in [0.25, 0.3) is 0 Å². The Bertz CT molecular complexity index is 230. The number of rotatable bonds is 6. The molecule has 1 heterocycles. The van der Waals surface area contributed by atoms with E-state index in [1.807, 2.05) is 10.9 Å². The first-order valence-corrected chi connectivity index (χ1v) is 5.08. The lowest BCUT2D eigenvalue weighted by molar-refractivity contribution is 0.553. The van der Waals surface area contributed by atoms with Crippen LogP contribution < -0.4 is 5.73 Å². The fourth-order valence-corrected chi connectivity index (χ4v) is 1.35. The maximum atomic E-state index is 5.45. The lowest BCUT2D eigenvalue weighted by Crippen LogP contribution is -2.02. The van der Waals surface area contributed by atoms with E-state index in [0.717, 1.165) is 13.0 Å². The molecule has 0 atom stereocenters. The van der Waals surface area contributed by atoms with E-state index >= 15 is 0 Å². The van der Waals surface area contributed by atoms with Crippen LogP contribution in [0, 0.1) is 0 Å². The highest BCUT2D eigenvalue weighted by molar-refractivity contribution is 5.03. The third-order valence-corrected chi connectivity index (χ3v) is 2.11. The molecule has 13 heavy (non-hydrogen) atoms. The van der Waals surface area contributed by atoms with Crippen molar-refractivity contribution in [2.45, 2.75) is 39.2 Å². The average molecular weight is 181 g/mol. The summed E-state index contributed by atoms with van der Waals surface area (Å²) in [5.41, 5.74) is 6.70. The summed E-state index contributed by atoms with van der Waals surface area (Å²) in [6.45, 7) is 3.96. The van der Waals surface area contributed by atoms with E-state index in [-0.39, 0.29) is 0 Å². The summed E-state index contributed by atoms with van der Waals surface area (Å²) in [5, 5.41) is 4.27. The molecule has 1 aromatic rings. The van der Waals surface area contributed by atoms with Crippen LogP contribution in [0.4, 0.5) is 0 Å². The van der Waals surface area contributed by atoms with Crippen molar-refractivity contribution in [3.05, 3.63) is 18.0 Å². The highest BCUT2D eigenvalue weighted by atomic mass is 15.3. The number of aromatic nitrogens is 2. The van der Waals surface area contributed by atoms with E-state index in [1.54, 1.807) is 0 Å². The molecule has 0 saturated carbocycles. The largest absolute Gasteiger partial charge is 0.330 e. The molecule has 0 aliphatic heterocycles. The van der Waals surface area contributed by atoms with E-state index in [1.165, 1.54) is 24.8 Å². The van der Waals surface area contributed by atoms with Gasteiger partial charge in [-0.05, 0) is 24.9 Å². The number of hydrogen-bond donors (Lipinski definition) is 1. The van der Waals surface area contributed by atoms with Gasteiger partial charge in [-0.15, -0.1) is 0 Å². The molecule has 2 N–H and O–H groups in total. The minimum Gasteiger partial charge on any atom is -0.330 e. The zero-order valence-electron chi connectivity index (χ0n) is 8.37. The highest BCUT2D eigenvalue weighted by Crippen LogP contribution is 2.01. The van der Waals surface area contributed by atoms with Crippen molar-refractivity contribution < 1.29 is 0 Å². The zero-order chi connectivity index (χ0) is 9.52. The van der Waals surface area contributed by atoms with Crippen LogP contribution in [-0.2, 0) is 13.0 Å². The van der Waals surface area contributed by atoms with Gasteiger partial charge in [0.25, 0.3) is 0 Å². The van der Waals surface area contributed by atoms with Crippen molar-refractivity contribution in [3.8, 4) is 0 Å². The normalized spacial score (nSPS) is 10.6. The maximum Gasteiger partial charge on any atom is 0.0522 e. The van der Waals surface area contributed by atoms with Gasteiger partial charge in [-0.1, -0.05) is 19.8 Å². The zero-order valence-corrected chi connectivity index (χ0v) is 8.37. The summed E-state index contributed by atoms with van der Waals surface area (Å²) in [5.74, 6) is 0. The molecule has 3 heteroatoms. The summed E-state index contributed by atoms with van der Waals surface area (Å²) < 4.78 is 2.01. The Morgan fingerprint density at radius 2 is 2.31 bits per heavy atom. The van der Waals surface area contributed by atoms with E-state index in [4.69, 9.17) is 5.73 Å². The lowest BCUT2D eigenvalue weighted by Gasteiger charge is -1.98. The van der Waals surface area contributed by atoms with Gasteiger partial charge in [-0.2, -0.15) is 5.10 Å². The molecule has 0 aromatic carbocycles. The molecule has 0 spiro atoms. The predicted molar refractivity (Wildman–Crippen MR) is 54.5 cm³/mol. The molecule has 0 amide bonds. The summed E-state index contributed by atoms with van der Waals surface area (Å²) in [7, 11) is 0. The SMILES string of the molecule is CCCCCn1cc(CCN)cn1. The monoisotopic (exact) mass is 181 g/mol. The summed E-state index contributed by atoms with van der Waals surface area (Å²) >= 11 is 0. The van der Waals surface area contributed by atoms with Gasteiger partial charge in [0.05, 0.1) is 6.20 Å². The second-order valence-corrected chi connectivity index (χ2v) is 3.36. The summed E-state index contributed by atoms with van der Waals surface area (Å²) in [4.78, 5) is 0. The highest BCUT2D eigenvalue weighted by Gasteiger charge is 1.96. The van der Waals surface area contributed by atoms with Crippen molar-refractivity contribution in [1.29, 1.82) is 0 Å². The first kappa shape index (κ1) is 10.3. The van der Waals surface area contributed by atoms with Crippen LogP contribution >= 0.6 is 0 Å². The molecule has 1 aromatic heterocycles. The van der Waals surface area contributed by atoms with Crippen LogP contribution in [-0.4, -0.2) is 16.3 Å².